The average Bonchev–Trinajstić information content (AvgIpc) is 3.61. The Kier molecular flexibility index (Phi) is 9.91. The number of fused-ring (bicyclic) bond motifs is 1. The van der Waals surface area contributed by atoms with Crippen LogP contribution in [0.15, 0.2) is 66.7 Å². The fourth-order valence-corrected chi connectivity index (χ4v) is 8.93. The molecule has 0 bridgehead atoms. The third kappa shape index (κ3) is 7.51. The fourth-order valence-electron chi connectivity index (χ4n) is 7.67. The van der Waals surface area contributed by atoms with Crippen molar-refractivity contribution < 1.29 is 14.6 Å². The molecule has 1 aromatic heterocycles. The van der Waals surface area contributed by atoms with Crippen LogP contribution in [0, 0.1) is 0 Å². The van der Waals surface area contributed by atoms with Crippen LogP contribution in [0.2, 0.25) is 0 Å². The molecule has 4 aromatic rings. The lowest BCUT2D eigenvalue weighted by Crippen LogP contribution is -2.48. The summed E-state index contributed by atoms with van der Waals surface area (Å²) in [7, 11) is 0. The molecule has 3 aliphatic rings. The second-order valence-electron chi connectivity index (χ2n) is 13.3. The molecule has 2 aliphatic heterocycles. The summed E-state index contributed by atoms with van der Waals surface area (Å²) in [5.74, 6) is 2.22. The Hall–Kier alpha value is -3.06. The summed E-state index contributed by atoms with van der Waals surface area (Å²) in [6.45, 7) is 6.57. The van der Waals surface area contributed by atoms with Gasteiger partial charge in [0.1, 0.15) is 30.0 Å². The Balaban J connectivity index is 1.06. The van der Waals surface area contributed by atoms with Gasteiger partial charge < -0.3 is 14.6 Å². The minimum atomic E-state index is 0.287. The SMILES string of the molecule is Oc1ccc2c(Cc3ccc(O[C@H]4CCCC[C@@H]4N4CCCCCC4)cc3)c(-c3ccc(OCCN4CCCC4)cc3)sc2c1. The summed E-state index contributed by atoms with van der Waals surface area (Å²) >= 11 is 1.76. The van der Waals surface area contributed by atoms with E-state index in [-0.39, 0.29) is 6.10 Å². The summed E-state index contributed by atoms with van der Waals surface area (Å²) in [6, 6.07) is 23.7. The van der Waals surface area contributed by atoms with Gasteiger partial charge in [0.15, 0.2) is 0 Å². The second kappa shape index (κ2) is 14.6. The van der Waals surface area contributed by atoms with E-state index in [0.717, 1.165) is 42.2 Å². The number of aromatic hydroxyl groups is 1. The molecule has 3 fully saturated rings. The molecule has 238 valence electrons. The first kappa shape index (κ1) is 30.6. The lowest BCUT2D eigenvalue weighted by molar-refractivity contribution is 0.0375. The molecule has 0 radical (unpaired) electrons. The number of phenols is 1. The third-order valence-corrected chi connectivity index (χ3v) is 11.4. The summed E-state index contributed by atoms with van der Waals surface area (Å²) in [5.41, 5.74) is 3.76. The Bertz CT molecular complexity index is 1520. The maximum Gasteiger partial charge on any atom is 0.119 e. The Morgan fingerprint density at radius 3 is 2.22 bits per heavy atom. The van der Waals surface area contributed by atoms with E-state index in [1.807, 2.05) is 12.1 Å². The number of phenolic OH excluding ortho intramolecular Hbond substituents is 1. The number of rotatable bonds is 10. The van der Waals surface area contributed by atoms with E-state index in [1.54, 1.807) is 11.3 Å². The summed E-state index contributed by atoms with van der Waals surface area (Å²) in [6.07, 6.45) is 14.1. The smallest absolute Gasteiger partial charge is 0.119 e. The molecule has 1 N–H and O–H groups in total. The first-order chi connectivity index (χ1) is 22.2. The standard InChI is InChI=1S/C39H48N2O3S/c42-31-15-20-34-35(39(45-38(34)28-31)30-13-18-32(19-14-30)43-26-25-40-21-7-8-22-40)27-29-11-16-33(17-12-29)44-37-10-4-3-9-36(37)41-23-5-1-2-6-24-41/h11-20,28,36-37,42H,1-10,21-27H2/t36-,37-/m0/s1. The van der Waals surface area contributed by atoms with Crippen molar-refractivity contribution in [2.24, 2.45) is 0 Å². The van der Waals surface area contributed by atoms with E-state index in [0.29, 0.717) is 11.8 Å². The first-order valence-corrected chi connectivity index (χ1v) is 18.2. The molecule has 0 unspecified atom stereocenters. The average molecular weight is 625 g/mol. The Labute approximate surface area is 272 Å². The molecule has 0 amide bonds. The Morgan fingerprint density at radius 2 is 1.44 bits per heavy atom. The predicted molar refractivity (Wildman–Crippen MR) is 186 cm³/mol. The molecule has 45 heavy (non-hydrogen) atoms. The zero-order valence-corrected chi connectivity index (χ0v) is 27.4. The van der Waals surface area contributed by atoms with Crippen LogP contribution in [-0.2, 0) is 6.42 Å². The molecular weight excluding hydrogens is 577 g/mol. The van der Waals surface area contributed by atoms with Crippen LogP contribution in [-0.4, -0.2) is 66.4 Å². The quantitative estimate of drug-likeness (QED) is 0.191. The fraction of sp³-hybridized carbons (Fsp3) is 0.487. The molecule has 0 spiro atoms. The first-order valence-electron chi connectivity index (χ1n) is 17.4. The number of hydrogen-bond donors (Lipinski definition) is 1. The number of likely N-dealkylation sites (tertiary alicyclic amines) is 2. The van der Waals surface area contributed by atoms with Crippen molar-refractivity contribution in [3.05, 3.63) is 77.9 Å². The molecule has 3 aromatic carbocycles. The normalized spacial score (nSPS) is 21.6. The van der Waals surface area contributed by atoms with Crippen LogP contribution >= 0.6 is 11.3 Å². The highest BCUT2D eigenvalue weighted by Gasteiger charge is 2.32. The number of benzene rings is 3. The maximum atomic E-state index is 10.2. The van der Waals surface area contributed by atoms with Gasteiger partial charge in [-0.2, -0.15) is 0 Å². The van der Waals surface area contributed by atoms with E-state index in [1.165, 1.54) is 111 Å². The molecule has 1 saturated carbocycles. The van der Waals surface area contributed by atoms with E-state index in [9.17, 15) is 5.11 Å². The minimum absolute atomic E-state index is 0.287. The van der Waals surface area contributed by atoms with Crippen molar-refractivity contribution in [3.8, 4) is 27.7 Å². The van der Waals surface area contributed by atoms with Gasteiger partial charge in [0, 0.05) is 22.2 Å². The van der Waals surface area contributed by atoms with E-state index < -0.39 is 0 Å². The predicted octanol–water partition coefficient (Wildman–Crippen LogP) is 8.91. The van der Waals surface area contributed by atoms with Gasteiger partial charge in [-0.15, -0.1) is 11.3 Å². The van der Waals surface area contributed by atoms with Crippen LogP contribution < -0.4 is 9.47 Å². The zero-order valence-electron chi connectivity index (χ0n) is 26.6. The summed E-state index contributed by atoms with van der Waals surface area (Å²) < 4.78 is 13.9. The molecule has 5 nitrogen and oxygen atoms in total. The van der Waals surface area contributed by atoms with Gasteiger partial charge in [0.25, 0.3) is 0 Å². The van der Waals surface area contributed by atoms with Crippen molar-refractivity contribution in [3.63, 3.8) is 0 Å². The molecule has 1 aliphatic carbocycles. The van der Waals surface area contributed by atoms with Crippen LogP contribution in [0.3, 0.4) is 0 Å². The number of hydrogen-bond acceptors (Lipinski definition) is 6. The highest BCUT2D eigenvalue weighted by molar-refractivity contribution is 7.22. The highest BCUT2D eigenvalue weighted by atomic mass is 32.1. The van der Waals surface area contributed by atoms with Crippen LogP contribution in [0.4, 0.5) is 0 Å². The van der Waals surface area contributed by atoms with Gasteiger partial charge in [0.05, 0.1) is 0 Å². The van der Waals surface area contributed by atoms with Crippen molar-refractivity contribution >= 4 is 21.4 Å². The van der Waals surface area contributed by atoms with E-state index in [2.05, 4.69) is 64.4 Å². The second-order valence-corrected chi connectivity index (χ2v) is 14.3. The van der Waals surface area contributed by atoms with Crippen molar-refractivity contribution in [1.82, 2.24) is 9.80 Å². The number of thiophene rings is 1. The topological polar surface area (TPSA) is 45.2 Å². The molecule has 7 rings (SSSR count). The largest absolute Gasteiger partial charge is 0.508 e. The molecule has 2 saturated heterocycles. The van der Waals surface area contributed by atoms with Gasteiger partial charge in [-0.1, -0.05) is 31.4 Å². The van der Waals surface area contributed by atoms with Crippen LogP contribution in [0.25, 0.3) is 20.5 Å². The van der Waals surface area contributed by atoms with E-state index >= 15 is 0 Å². The van der Waals surface area contributed by atoms with Gasteiger partial charge in [-0.05, 0) is 154 Å². The number of ether oxygens (including phenoxy) is 2. The van der Waals surface area contributed by atoms with Crippen molar-refractivity contribution in [2.75, 3.05) is 39.3 Å². The minimum Gasteiger partial charge on any atom is -0.508 e. The van der Waals surface area contributed by atoms with Gasteiger partial charge in [-0.25, -0.2) is 0 Å². The highest BCUT2D eigenvalue weighted by Crippen LogP contribution is 2.42. The summed E-state index contributed by atoms with van der Waals surface area (Å²) in [4.78, 5) is 6.47. The van der Waals surface area contributed by atoms with Gasteiger partial charge in [0.2, 0.25) is 0 Å². The lowest BCUT2D eigenvalue weighted by Gasteiger charge is -2.39. The zero-order chi connectivity index (χ0) is 30.4. The summed E-state index contributed by atoms with van der Waals surface area (Å²) in [5, 5.41) is 11.4. The van der Waals surface area contributed by atoms with Crippen LogP contribution in [0.5, 0.6) is 17.2 Å². The Morgan fingerprint density at radius 1 is 0.733 bits per heavy atom. The third-order valence-electron chi connectivity index (χ3n) is 10.1. The lowest BCUT2D eigenvalue weighted by atomic mass is 9.91. The van der Waals surface area contributed by atoms with Gasteiger partial charge in [-0.3, -0.25) is 9.80 Å². The molecular formula is C39H48N2O3S. The molecule has 2 atom stereocenters. The van der Waals surface area contributed by atoms with Crippen molar-refractivity contribution in [2.45, 2.75) is 82.8 Å². The monoisotopic (exact) mass is 624 g/mol. The van der Waals surface area contributed by atoms with Crippen molar-refractivity contribution in [1.29, 1.82) is 0 Å². The van der Waals surface area contributed by atoms with E-state index in [4.69, 9.17) is 9.47 Å². The van der Waals surface area contributed by atoms with Crippen LogP contribution in [0.1, 0.15) is 75.3 Å². The maximum absolute atomic E-state index is 10.2. The van der Waals surface area contributed by atoms with Gasteiger partial charge >= 0.3 is 0 Å². The molecule has 6 heteroatoms. The number of nitrogens with zero attached hydrogens (tertiary/aromatic N) is 2. The molecule has 3 heterocycles.